The monoisotopic (exact) mass is 189 g/mol. The van der Waals surface area contributed by atoms with Gasteiger partial charge in [0.05, 0.1) is 12.7 Å². The number of rotatable bonds is 7. The summed E-state index contributed by atoms with van der Waals surface area (Å²) in [5.74, 6) is -0.0230. The molecule has 0 bridgehead atoms. The standard InChI is InChI=1S/C9H19NO3/c1-3-8(11)4-6-10-9(12)5-7-13-2/h8,11H,3-7H2,1-2H3,(H,10,12). The van der Waals surface area contributed by atoms with Gasteiger partial charge in [0.1, 0.15) is 0 Å². The number of carbonyl (C=O) groups is 1. The minimum absolute atomic E-state index is 0.0230. The van der Waals surface area contributed by atoms with Gasteiger partial charge < -0.3 is 15.2 Å². The van der Waals surface area contributed by atoms with Gasteiger partial charge in [0.15, 0.2) is 0 Å². The van der Waals surface area contributed by atoms with Crippen molar-refractivity contribution in [3.8, 4) is 0 Å². The van der Waals surface area contributed by atoms with Crippen molar-refractivity contribution in [3.05, 3.63) is 0 Å². The third-order valence-corrected chi connectivity index (χ3v) is 1.80. The first-order chi connectivity index (χ1) is 6.20. The van der Waals surface area contributed by atoms with Crippen LogP contribution in [0.3, 0.4) is 0 Å². The minimum Gasteiger partial charge on any atom is -0.393 e. The van der Waals surface area contributed by atoms with Crippen LogP contribution in [0.15, 0.2) is 0 Å². The van der Waals surface area contributed by atoms with Gasteiger partial charge in [-0.15, -0.1) is 0 Å². The fourth-order valence-electron chi connectivity index (χ4n) is 0.865. The van der Waals surface area contributed by atoms with E-state index in [9.17, 15) is 9.90 Å². The maximum atomic E-state index is 11.0. The van der Waals surface area contributed by atoms with Crippen LogP contribution < -0.4 is 5.32 Å². The van der Waals surface area contributed by atoms with Crippen LogP contribution in [0.25, 0.3) is 0 Å². The molecule has 0 fully saturated rings. The first-order valence-electron chi connectivity index (χ1n) is 4.64. The van der Waals surface area contributed by atoms with E-state index in [1.54, 1.807) is 7.11 Å². The lowest BCUT2D eigenvalue weighted by Gasteiger charge is -2.08. The van der Waals surface area contributed by atoms with Crippen molar-refractivity contribution in [3.63, 3.8) is 0 Å². The second-order valence-electron chi connectivity index (χ2n) is 2.94. The third kappa shape index (κ3) is 7.74. The molecular weight excluding hydrogens is 170 g/mol. The highest BCUT2D eigenvalue weighted by Crippen LogP contribution is 1.94. The number of ether oxygens (including phenoxy) is 1. The number of aliphatic hydroxyl groups is 1. The molecule has 0 aromatic rings. The van der Waals surface area contributed by atoms with Gasteiger partial charge in [-0.2, -0.15) is 0 Å². The van der Waals surface area contributed by atoms with E-state index in [2.05, 4.69) is 5.32 Å². The number of carbonyl (C=O) groups excluding carboxylic acids is 1. The van der Waals surface area contributed by atoms with E-state index in [0.717, 1.165) is 6.42 Å². The first-order valence-corrected chi connectivity index (χ1v) is 4.64. The van der Waals surface area contributed by atoms with Crippen molar-refractivity contribution in [2.45, 2.75) is 32.3 Å². The van der Waals surface area contributed by atoms with Gasteiger partial charge in [0.25, 0.3) is 0 Å². The highest BCUT2D eigenvalue weighted by molar-refractivity contribution is 5.75. The molecule has 0 saturated heterocycles. The fourth-order valence-corrected chi connectivity index (χ4v) is 0.865. The quantitative estimate of drug-likeness (QED) is 0.605. The Hall–Kier alpha value is -0.610. The molecule has 78 valence electrons. The van der Waals surface area contributed by atoms with Gasteiger partial charge in [0, 0.05) is 20.1 Å². The molecule has 0 aliphatic heterocycles. The topological polar surface area (TPSA) is 58.6 Å². The Labute approximate surface area is 79.3 Å². The van der Waals surface area contributed by atoms with Gasteiger partial charge >= 0.3 is 0 Å². The zero-order valence-electron chi connectivity index (χ0n) is 8.38. The first kappa shape index (κ1) is 12.4. The lowest BCUT2D eigenvalue weighted by molar-refractivity contribution is -0.122. The van der Waals surface area contributed by atoms with Gasteiger partial charge in [-0.1, -0.05) is 6.92 Å². The Bertz CT molecular complexity index is 139. The molecule has 1 amide bonds. The van der Waals surface area contributed by atoms with Crippen LogP contribution >= 0.6 is 0 Å². The second-order valence-corrected chi connectivity index (χ2v) is 2.94. The van der Waals surface area contributed by atoms with Crippen molar-refractivity contribution in [1.29, 1.82) is 0 Å². The van der Waals surface area contributed by atoms with Crippen molar-refractivity contribution < 1.29 is 14.6 Å². The smallest absolute Gasteiger partial charge is 0.222 e. The second kappa shape index (κ2) is 8.01. The summed E-state index contributed by atoms with van der Waals surface area (Å²) in [5.41, 5.74) is 0. The maximum absolute atomic E-state index is 11.0. The van der Waals surface area contributed by atoms with Crippen LogP contribution in [0.4, 0.5) is 0 Å². The summed E-state index contributed by atoms with van der Waals surface area (Å²) in [6.45, 7) is 2.90. The highest BCUT2D eigenvalue weighted by atomic mass is 16.5. The third-order valence-electron chi connectivity index (χ3n) is 1.80. The Balaban J connectivity index is 3.26. The van der Waals surface area contributed by atoms with Crippen LogP contribution in [-0.4, -0.2) is 37.4 Å². The summed E-state index contributed by atoms with van der Waals surface area (Å²) in [5, 5.41) is 11.9. The summed E-state index contributed by atoms with van der Waals surface area (Å²) in [6, 6.07) is 0. The minimum atomic E-state index is -0.303. The van der Waals surface area contributed by atoms with Crippen LogP contribution in [-0.2, 0) is 9.53 Å². The highest BCUT2D eigenvalue weighted by Gasteiger charge is 2.02. The molecule has 0 heterocycles. The van der Waals surface area contributed by atoms with E-state index in [1.165, 1.54) is 0 Å². The summed E-state index contributed by atoms with van der Waals surface area (Å²) < 4.78 is 4.75. The molecule has 1 unspecified atom stereocenters. The molecule has 0 radical (unpaired) electrons. The van der Waals surface area contributed by atoms with E-state index >= 15 is 0 Å². The molecule has 13 heavy (non-hydrogen) atoms. The zero-order chi connectivity index (χ0) is 10.1. The molecule has 0 aliphatic rings. The van der Waals surface area contributed by atoms with Crippen LogP contribution in [0.5, 0.6) is 0 Å². The Kier molecular flexibility index (Phi) is 7.63. The molecule has 0 aromatic carbocycles. The lowest BCUT2D eigenvalue weighted by Crippen LogP contribution is -2.27. The summed E-state index contributed by atoms with van der Waals surface area (Å²) in [4.78, 5) is 11.0. The van der Waals surface area contributed by atoms with Crippen LogP contribution in [0, 0.1) is 0 Å². The number of amides is 1. The largest absolute Gasteiger partial charge is 0.393 e. The van der Waals surface area contributed by atoms with Crippen molar-refractivity contribution in [2.75, 3.05) is 20.3 Å². The Morgan fingerprint density at radius 2 is 2.31 bits per heavy atom. The maximum Gasteiger partial charge on any atom is 0.222 e. The molecule has 0 spiro atoms. The molecule has 0 rings (SSSR count). The number of hydrogen-bond acceptors (Lipinski definition) is 3. The fraction of sp³-hybridized carbons (Fsp3) is 0.889. The van der Waals surface area contributed by atoms with Crippen LogP contribution in [0.2, 0.25) is 0 Å². The van der Waals surface area contributed by atoms with Gasteiger partial charge in [-0.05, 0) is 12.8 Å². The number of methoxy groups -OCH3 is 1. The Morgan fingerprint density at radius 1 is 1.62 bits per heavy atom. The number of hydrogen-bond donors (Lipinski definition) is 2. The average Bonchev–Trinajstić information content (AvgIpc) is 2.14. The summed E-state index contributed by atoms with van der Waals surface area (Å²) in [7, 11) is 1.56. The molecular formula is C9H19NO3. The summed E-state index contributed by atoms with van der Waals surface area (Å²) >= 11 is 0. The Morgan fingerprint density at radius 3 is 2.85 bits per heavy atom. The van der Waals surface area contributed by atoms with E-state index in [0.29, 0.717) is 26.0 Å². The molecule has 0 saturated carbocycles. The van der Waals surface area contributed by atoms with Gasteiger partial charge in [-0.3, -0.25) is 4.79 Å². The molecule has 4 nitrogen and oxygen atoms in total. The van der Waals surface area contributed by atoms with E-state index < -0.39 is 0 Å². The van der Waals surface area contributed by atoms with Crippen LogP contribution in [0.1, 0.15) is 26.2 Å². The number of nitrogens with one attached hydrogen (secondary N) is 1. The van der Waals surface area contributed by atoms with Gasteiger partial charge in [0.2, 0.25) is 5.91 Å². The predicted octanol–water partition coefficient (Wildman–Crippen LogP) is 0.300. The summed E-state index contributed by atoms with van der Waals surface area (Å²) in [6.07, 6.45) is 1.43. The molecule has 1 atom stereocenters. The SMILES string of the molecule is CCC(O)CCNC(=O)CCOC. The lowest BCUT2D eigenvalue weighted by atomic mass is 10.2. The normalized spacial score (nSPS) is 12.5. The van der Waals surface area contributed by atoms with Crippen molar-refractivity contribution >= 4 is 5.91 Å². The molecule has 4 heteroatoms. The van der Waals surface area contributed by atoms with E-state index in [-0.39, 0.29) is 12.0 Å². The predicted molar refractivity (Wildman–Crippen MR) is 50.4 cm³/mol. The van der Waals surface area contributed by atoms with Crippen molar-refractivity contribution in [2.24, 2.45) is 0 Å². The van der Waals surface area contributed by atoms with Gasteiger partial charge in [-0.25, -0.2) is 0 Å². The average molecular weight is 189 g/mol. The molecule has 0 aromatic heterocycles. The zero-order valence-corrected chi connectivity index (χ0v) is 8.38. The van der Waals surface area contributed by atoms with E-state index in [4.69, 9.17) is 4.74 Å². The number of aliphatic hydroxyl groups excluding tert-OH is 1. The van der Waals surface area contributed by atoms with E-state index in [1.807, 2.05) is 6.92 Å². The molecule has 0 aliphatic carbocycles. The molecule has 2 N–H and O–H groups in total. The van der Waals surface area contributed by atoms with Crippen molar-refractivity contribution in [1.82, 2.24) is 5.32 Å².